The number of rotatable bonds is 7. The fourth-order valence-corrected chi connectivity index (χ4v) is 3.61. The lowest BCUT2D eigenvalue weighted by Gasteiger charge is -2.13. The quantitative estimate of drug-likeness (QED) is 0.673. The molecule has 0 aromatic heterocycles. The summed E-state index contributed by atoms with van der Waals surface area (Å²) in [7, 11) is 0. The summed E-state index contributed by atoms with van der Waals surface area (Å²) < 4.78 is 18.5. The number of halogens is 1. The molecule has 0 radical (unpaired) electrons. The molecule has 1 aliphatic heterocycles. The molecule has 6 nitrogen and oxygen atoms in total. The predicted octanol–water partition coefficient (Wildman–Crippen LogP) is 4.08. The smallest absolute Gasteiger partial charge is 0.293 e. The lowest BCUT2D eigenvalue weighted by Crippen LogP contribution is -2.37. The van der Waals surface area contributed by atoms with Crippen LogP contribution in [0.5, 0.6) is 5.75 Å². The average Bonchev–Trinajstić information content (AvgIpc) is 2.97. The van der Waals surface area contributed by atoms with Crippen LogP contribution >= 0.6 is 11.8 Å². The number of thioether (sulfide) groups is 1. The van der Waals surface area contributed by atoms with Crippen molar-refractivity contribution in [3.63, 3.8) is 0 Å². The van der Waals surface area contributed by atoms with Crippen LogP contribution < -0.4 is 10.1 Å². The third-order valence-electron chi connectivity index (χ3n) is 4.15. The second kappa shape index (κ2) is 9.58. The zero-order chi connectivity index (χ0) is 21.7. The van der Waals surface area contributed by atoms with Crippen LogP contribution in [0.4, 0.5) is 9.18 Å². The molecule has 3 rings (SSSR count). The summed E-state index contributed by atoms with van der Waals surface area (Å²) >= 11 is 0.821. The highest BCUT2D eigenvalue weighted by Crippen LogP contribution is 2.31. The van der Waals surface area contributed by atoms with Gasteiger partial charge in [-0.05, 0) is 73.6 Å². The molecule has 0 spiro atoms. The molecule has 0 atom stereocenters. The van der Waals surface area contributed by atoms with E-state index in [4.69, 9.17) is 4.74 Å². The van der Waals surface area contributed by atoms with Gasteiger partial charge in [0.15, 0.2) is 0 Å². The molecular weight excluding hydrogens is 407 g/mol. The van der Waals surface area contributed by atoms with E-state index < -0.39 is 11.1 Å². The van der Waals surface area contributed by atoms with Crippen molar-refractivity contribution in [2.24, 2.45) is 0 Å². The van der Waals surface area contributed by atoms with Crippen LogP contribution in [0.2, 0.25) is 0 Å². The van der Waals surface area contributed by atoms with Gasteiger partial charge in [0.25, 0.3) is 17.1 Å². The first kappa shape index (κ1) is 21.6. The molecule has 2 aromatic carbocycles. The van der Waals surface area contributed by atoms with Crippen molar-refractivity contribution in [3.05, 3.63) is 70.4 Å². The van der Waals surface area contributed by atoms with Gasteiger partial charge >= 0.3 is 0 Å². The summed E-state index contributed by atoms with van der Waals surface area (Å²) in [5.41, 5.74) is 1.08. The highest BCUT2D eigenvalue weighted by molar-refractivity contribution is 8.18. The maximum Gasteiger partial charge on any atom is 0.293 e. The minimum absolute atomic E-state index is 0.0417. The molecule has 0 saturated carbocycles. The van der Waals surface area contributed by atoms with Crippen molar-refractivity contribution in [2.75, 3.05) is 13.1 Å². The number of carbonyl (C=O) groups is 3. The van der Waals surface area contributed by atoms with Gasteiger partial charge in [-0.15, -0.1) is 0 Å². The minimum Gasteiger partial charge on any atom is -0.491 e. The Morgan fingerprint density at radius 2 is 1.80 bits per heavy atom. The van der Waals surface area contributed by atoms with E-state index in [2.05, 4.69) is 5.32 Å². The van der Waals surface area contributed by atoms with E-state index in [-0.39, 0.29) is 35.8 Å². The molecule has 30 heavy (non-hydrogen) atoms. The molecule has 1 aliphatic rings. The zero-order valence-electron chi connectivity index (χ0n) is 16.6. The average molecular weight is 428 g/mol. The normalized spacial score (nSPS) is 15.2. The van der Waals surface area contributed by atoms with Crippen molar-refractivity contribution < 1.29 is 23.5 Å². The molecule has 2 aromatic rings. The molecule has 1 heterocycles. The molecule has 156 valence electrons. The Morgan fingerprint density at radius 3 is 2.43 bits per heavy atom. The van der Waals surface area contributed by atoms with Gasteiger partial charge in [-0.25, -0.2) is 4.39 Å². The summed E-state index contributed by atoms with van der Waals surface area (Å²) in [5.74, 6) is -0.441. The third-order valence-corrected chi connectivity index (χ3v) is 5.06. The first-order chi connectivity index (χ1) is 14.3. The Labute approximate surface area is 178 Å². The molecule has 0 aliphatic carbocycles. The first-order valence-electron chi connectivity index (χ1n) is 9.39. The fraction of sp³-hybridized carbons (Fsp3) is 0.227. The van der Waals surface area contributed by atoms with Crippen molar-refractivity contribution in [2.45, 2.75) is 20.0 Å². The summed E-state index contributed by atoms with van der Waals surface area (Å²) in [6.45, 7) is 4.02. The summed E-state index contributed by atoms with van der Waals surface area (Å²) in [4.78, 5) is 38.2. The zero-order valence-corrected chi connectivity index (χ0v) is 17.4. The summed E-state index contributed by atoms with van der Waals surface area (Å²) in [6, 6.07) is 12.4. The van der Waals surface area contributed by atoms with Crippen molar-refractivity contribution in [3.8, 4) is 5.75 Å². The molecule has 1 N–H and O–H groups in total. The van der Waals surface area contributed by atoms with E-state index in [0.29, 0.717) is 16.9 Å². The van der Waals surface area contributed by atoms with Crippen molar-refractivity contribution >= 4 is 34.9 Å². The maximum absolute atomic E-state index is 13.0. The lowest BCUT2D eigenvalue weighted by atomic mass is 10.2. The van der Waals surface area contributed by atoms with E-state index in [1.165, 1.54) is 24.3 Å². The Hall–Kier alpha value is -3.13. The van der Waals surface area contributed by atoms with Crippen LogP contribution in [-0.2, 0) is 4.79 Å². The van der Waals surface area contributed by atoms with E-state index >= 15 is 0 Å². The van der Waals surface area contributed by atoms with Gasteiger partial charge < -0.3 is 10.1 Å². The topological polar surface area (TPSA) is 75.7 Å². The van der Waals surface area contributed by atoms with Gasteiger partial charge in [-0.2, -0.15) is 0 Å². The largest absolute Gasteiger partial charge is 0.491 e. The maximum atomic E-state index is 13.0. The number of hydrogen-bond acceptors (Lipinski definition) is 5. The van der Waals surface area contributed by atoms with E-state index in [1.807, 2.05) is 13.8 Å². The summed E-state index contributed by atoms with van der Waals surface area (Å²) in [5, 5.41) is 2.30. The molecule has 8 heteroatoms. The molecular formula is C22H21FN2O4S. The van der Waals surface area contributed by atoms with Gasteiger partial charge in [0, 0.05) is 18.7 Å². The molecule has 1 saturated heterocycles. The fourth-order valence-electron chi connectivity index (χ4n) is 2.74. The van der Waals surface area contributed by atoms with E-state index in [0.717, 1.165) is 16.7 Å². The van der Waals surface area contributed by atoms with E-state index in [9.17, 15) is 18.8 Å². The third kappa shape index (κ3) is 5.48. The SMILES string of the molecule is CC(C)Oc1ccc(C(=O)NCCN2C(=O)SC(=Cc3ccc(F)cc3)C2=O)cc1. The predicted molar refractivity (Wildman–Crippen MR) is 114 cm³/mol. The number of carbonyl (C=O) groups excluding carboxylic acids is 3. The molecule has 3 amide bonds. The van der Waals surface area contributed by atoms with Gasteiger partial charge in [0.05, 0.1) is 11.0 Å². The van der Waals surface area contributed by atoms with Crippen LogP contribution in [0.15, 0.2) is 53.4 Å². The van der Waals surface area contributed by atoms with Gasteiger partial charge in [-0.1, -0.05) is 12.1 Å². The standard InChI is InChI=1S/C22H21FN2O4S/c1-14(2)29-18-9-5-16(6-10-18)20(26)24-11-12-25-21(27)19(30-22(25)28)13-15-3-7-17(23)8-4-15/h3-10,13-14H,11-12H2,1-2H3,(H,24,26). The highest BCUT2D eigenvalue weighted by atomic mass is 32.2. The minimum atomic E-state index is -0.432. The second-order valence-electron chi connectivity index (χ2n) is 6.83. The Kier molecular flexibility index (Phi) is 6.89. The van der Waals surface area contributed by atoms with Crippen LogP contribution in [0.3, 0.4) is 0 Å². The van der Waals surface area contributed by atoms with Gasteiger partial charge in [0.2, 0.25) is 0 Å². The number of nitrogens with one attached hydrogen (secondary N) is 1. The Bertz CT molecular complexity index is 972. The van der Waals surface area contributed by atoms with Gasteiger partial charge in [-0.3, -0.25) is 19.3 Å². The van der Waals surface area contributed by atoms with E-state index in [1.54, 1.807) is 30.3 Å². The molecule has 0 unspecified atom stereocenters. The van der Waals surface area contributed by atoms with Crippen LogP contribution in [0, 0.1) is 5.82 Å². The number of imide groups is 1. The molecule has 1 fully saturated rings. The number of nitrogens with zero attached hydrogens (tertiary/aromatic N) is 1. The van der Waals surface area contributed by atoms with Crippen molar-refractivity contribution in [1.29, 1.82) is 0 Å². The number of ether oxygens (including phenoxy) is 1. The van der Waals surface area contributed by atoms with Crippen molar-refractivity contribution in [1.82, 2.24) is 10.2 Å². The number of amides is 3. The number of benzene rings is 2. The number of hydrogen-bond donors (Lipinski definition) is 1. The first-order valence-corrected chi connectivity index (χ1v) is 10.2. The van der Waals surface area contributed by atoms with Gasteiger partial charge in [0.1, 0.15) is 11.6 Å². The van der Waals surface area contributed by atoms with Crippen LogP contribution in [-0.4, -0.2) is 41.1 Å². The Morgan fingerprint density at radius 1 is 1.13 bits per heavy atom. The monoisotopic (exact) mass is 428 g/mol. The summed E-state index contributed by atoms with van der Waals surface area (Å²) in [6.07, 6.45) is 1.59. The second-order valence-corrected chi connectivity index (χ2v) is 7.82. The molecule has 0 bridgehead atoms. The van der Waals surface area contributed by atoms with Crippen LogP contribution in [0.1, 0.15) is 29.8 Å². The highest BCUT2D eigenvalue weighted by Gasteiger charge is 2.34. The Balaban J connectivity index is 1.54. The van der Waals surface area contributed by atoms with Crippen LogP contribution in [0.25, 0.3) is 6.08 Å². The lowest BCUT2D eigenvalue weighted by molar-refractivity contribution is -0.122.